The Morgan fingerprint density at radius 3 is 2.55 bits per heavy atom. The number of aromatic nitrogens is 3. The fourth-order valence-electron chi connectivity index (χ4n) is 3.58. The maximum atomic E-state index is 15.4. The third-order valence-electron chi connectivity index (χ3n) is 5.21. The van der Waals surface area contributed by atoms with Crippen LogP contribution < -0.4 is 15.8 Å². The molecule has 3 heterocycles. The number of anilines is 1. The van der Waals surface area contributed by atoms with E-state index in [1.165, 1.54) is 43.1 Å². The predicted molar refractivity (Wildman–Crippen MR) is 119 cm³/mol. The monoisotopic (exact) mass is 449 g/mol. The highest BCUT2D eigenvalue weighted by atomic mass is 19.1. The van der Waals surface area contributed by atoms with Crippen LogP contribution >= 0.6 is 0 Å². The van der Waals surface area contributed by atoms with Crippen LogP contribution in [0, 0.1) is 5.82 Å². The number of aryl methyl sites for hydroxylation is 1. The van der Waals surface area contributed by atoms with Crippen molar-refractivity contribution < 1.29 is 23.5 Å². The highest BCUT2D eigenvalue weighted by molar-refractivity contribution is 6.12. The molecule has 4 aromatic rings. The number of methoxy groups -OCH3 is 1. The van der Waals surface area contributed by atoms with Gasteiger partial charge in [0.1, 0.15) is 5.75 Å². The number of rotatable bonds is 6. The Morgan fingerprint density at radius 1 is 1.18 bits per heavy atom. The van der Waals surface area contributed by atoms with E-state index >= 15 is 4.39 Å². The summed E-state index contributed by atoms with van der Waals surface area (Å²) in [5.41, 5.74) is 6.47. The summed E-state index contributed by atoms with van der Waals surface area (Å²) >= 11 is 0. The number of hydrogen-bond donors (Lipinski definition) is 2. The van der Waals surface area contributed by atoms with Crippen molar-refractivity contribution in [3.8, 4) is 16.9 Å². The zero-order valence-corrected chi connectivity index (χ0v) is 18.0. The van der Waals surface area contributed by atoms with Crippen LogP contribution in [0.2, 0.25) is 0 Å². The summed E-state index contributed by atoms with van der Waals surface area (Å²) in [6.07, 6.45) is 4.61. The van der Waals surface area contributed by atoms with Gasteiger partial charge in [-0.15, -0.1) is 0 Å². The maximum absolute atomic E-state index is 15.4. The number of benzene rings is 1. The van der Waals surface area contributed by atoms with Crippen LogP contribution in [0.4, 0.5) is 10.1 Å². The summed E-state index contributed by atoms with van der Waals surface area (Å²) in [4.78, 5) is 37.1. The quantitative estimate of drug-likeness (QED) is 0.438. The van der Waals surface area contributed by atoms with E-state index in [0.29, 0.717) is 16.8 Å². The summed E-state index contributed by atoms with van der Waals surface area (Å²) < 4.78 is 23.6. The molecule has 4 rings (SSSR count). The van der Waals surface area contributed by atoms with Crippen LogP contribution in [-0.2, 0) is 7.05 Å². The summed E-state index contributed by atoms with van der Waals surface area (Å²) in [5, 5.41) is 6.52. The Kier molecular flexibility index (Phi) is 5.42. The molecule has 0 aliphatic carbocycles. The number of carbonyl (C=O) groups excluding carboxylic acids is 3. The molecule has 0 radical (unpaired) electrons. The third kappa shape index (κ3) is 3.93. The van der Waals surface area contributed by atoms with Gasteiger partial charge in [0.05, 0.1) is 35.8 Å². The number of ether oxygens (including phenoxy) is 1. The summed E-state index contributed by atoms with van der Waals surface area (Å²) in [5.74, 6) is -1.99. The second kappa shape index (κ2) is 8.23. The first-order valence-corrected chi connectivity index (χ1v) is 9.83. The molecule has 2 amide bonds. The van der Waals surface area contributed by atoms with Gasteiger partial charge in [-0.2, -0.15) is 5.10 Å². The van der Waals surface area contributed by atoms with E-state index in [9.17, 15) is 14.4 Å². The topological polar surface area (TPSA) is 121 Å². The number of nitrogens with two attached hydrogens (primary N) is 1. The number of nitrogens with one attached hydrogen (secondary N) is 1. The van der Waals surface area contributed by atoms with Gasteiger partial charge in [0.2, 0.25) is 5.91 Å². The number of fused-ring (bicyclic) bond motifs is 1. The van der Waals surface area contributed by atoms with E-state index in [2.05, 4.69) is 10.4 Å². The number of pyridine rings is 1. The minimum Gasteiger partial charge on any atom is -0.497 e. The lowest BCUT2D eigenvalue weighted by Gasteiger charge is -2.11. The minimum atomic E-state index is -0.784. The van der Waals surface area contributed by atoms with Gasteiger partial charge < -0.3 is 20.2 Å². The SMILES string of the molecule is COc1ccn2c(C(C)=O)cc(C(=O)Nc3cc(C(N)=O)cc(-c4cnn(C)c4)c3F)c2c1. The summed E-state index contributed by atoms with van der Waals surface area (Å²) in [6, 6.07) is 7.14. The molecule has 0 saturated heterocycles. The highest BCUT2D eigenvalue weighted by Crippen LogP contribution is 2.30. The molecule has 0 unspecified atom stereocenters. The number of nitrogens with zero attached hydrogens (tertiary/aromatic N) is 3. The molecular weight excluding hydrogens is 429 g/mol. The van der Waals surface area contributed by atoms with E-state index in [-0.39, 0.29) is 33.9 Å². The first kappa shape index (κ1) is 21.8. The molecule has 0 aliphatic rings. The normalized spacial score (nSPS) is 10.9. The molecular formula is C23H20FN5O4. The van der Waals surface area contributed by atoms with Crippen molar-refractivity contribution in [1.29, 1.82) is 0 Å². The molecule has 168 valence electrons. The Hall–Kier alpha value is -4.47. The second-order valence-electron chi connectivity index (χ2n) is 7.43. The average Bonchev–Trinajstić information content (AvgIpc) is 3.38. The van der Waals surface area contributed by atoms with E-state index in [1.54, 1.807) is 36.0 Å². The van der Waals surface area contributed by atoms with Crippen molar-refractivity contribution in [3.63, 3.8) is 0 Å². The number of ketones is 1. The molecule has 9 nitrogen and oxygen atoms in total. The smallest absolute Gasteiger partial charge is 0.257 e. The van der Waals surface area contributed by atoms with Gasteiger partial charge in [-0.3, -0.25) is 19.1 Å². The van der Waals surface area contributed by atoms with Crippen LogP contribution in [0.15, 0.2) is 48.9 Å². The zero-order chi connectivity index (χ0) is 23.9. The van der Waals surface area contributed by atoms with Gasteiger partial charge >= 0.3 is 0 Å². The summed E-state index contributed by atoms with van der Waals surface area (Å²) in [6.45, 7) is 1.38. The lowest BCUT2D eigenvalue weighted by Crippen LogP contribution is -2.16. The van der Waals surface area contributed by atoms with Gasteiger partial charge in [-0.05, 0) is 24.3 Å². The maximum Gasteiger partial charge on any atom is 0.257 e. The van der Waals surface area contributed by atoms with Gasteiger partial charge in [0, 0.05) is 49.1 Å². The standard InChI is InChI=1S/C23H20FN5O4/c1-12(30)19-9-17(20-8-15(33-3)4-5-29(19)20)23(32)27-18-7-13(22(25)31)6-16(21(18)24)14-10-26-28(2)11-14/h4-11H,1-3H3,(H2,25,31)(H,27,32). The Balaban J connectivity index is 1.82. The number of hydrogen-bond acceptors (Lipinski definition) is 5. The lowest BCUT2D eigenvalue weighted by atomic mass is 10.0. The molecule has 3 aromatic heterocycles. The molecule has 1 aromatic carbocycles. The minimum absolute atomic E-state index is 0.0124. The van der Waals surface area contributed by atoms with E-state index < -0.39 is 17.6 Å². The van der Waals surface area contributed by atoms with E-state index in [4.69, 9.17) is 10.5 Å². The Labute approximate surface area is 187 Å². The molecule has 0 fully saturated rings. The number of halogens is 1. The molecule has 0 atom stereocenters. The number of Topliss-reactive ketones (excluding diaryl/α,β-unsaturated/α-hetero) is 1. The molecule has 0 bridgehead atoms. The van der Waals surface area contributed by atoms with Gasteiger partial charge in [-0.1, -0.05) is 0 Å². The number of primary amides is 1. The van der Waals surface area contributed by atoms with Crippen LogP contribution in [0.25, 0.3) is 16.6 Å². The average molecular weight is 449 g/mol. The third-order valence-corrected chi connectivity index (χ3v) is 5.21. The van der Waals surface area contributed by atoms with Crippen molar-refractivity contribution in [2.24, 2.45) is 12.8 Å². The van der Waals surface area contributed by atoms with Gasteiger partial charge in [0.15, 0.2) is 11.6 Å². The second-order valence-corrected chi connectivity index (χ2v) is 7.43. The molecule has 0 saturated carbocycles. The first-order chi connectivity index (χ1) is 15.7. The van der Waals surface area contributed by atoms with Crippen LogP contribution in [0.5, 0.6) is 5.75 Å². The lowest BCUT2D eigenvalue weighted by molar-refractivity contribution is 0.0993. The van der Waals surface area contributed by atoms with Crippen molar-refractivity contribution in [3.05, 3.63) is 71.6 Å². The first-order valence-electron chi connectivity index (χ1n) is 9.83. The van der Waals surface area contributed by atoms with Crippen molar-refractivity contribution in [2.45, 2.75) is 6.92 Å². The molecule has 0 aliphatic heterocycles. The Bertz CT molecular complexity index is 1440. The molecule has 33 heavy (non-hydrogen) atoms. The predicted octanol–water partition coefficient (Wildman–Crippen LogP) is 3.04. The largest absolute Gasteiger partial charge is 0.497 e. The van der Waals surface area contributed by atoms with E-state index in [1.807, 2.05) is 0 Å². The fourth-order valence-corrected chi connectivity index (χ4v) is 3.58. The fraction of sp³-hybridized carbons (Fsp3) is 0.130. The van der Waals surface area contributed by atoms with Crippen molar-refractivity contribution in [1.82, 2.24) is 14.2 Å². The van der Waals surface area contributed by atoms with Crippen LogP contribution in [-0.4, -0.2) is 38.9 Å². The van der Waals surface area contributed by atoms with Crippen molar-refractivity contribution in [2.75, 3.05) is 12.4 Å². The number of amides is 2. The Morgan fingerprint density at radius 2 is 1.94 bits per heavy atom. The van der Waals surface area contributed by atoms with Crippen LogP contribution in [0.3, 0.4) is 0 Å². The molecule has 0 spiro atoms. The van der Waals surface area contributed by atoms with Gasteiger partial charge in [0.25, 0.3) is 5.91 Å². The highest BCUT2D eigenvalue weighted by Gasteiger charge is 2.22. The van der Waals surface area contributed by atoms with Crippen LogP contribution in [0.1, 0.15) is 38.1 Å². The molecule has 10 heteroatoms. The van der Waals surface area contributed by atoms with E-state index in [0.717, 1.165) is 0 Å². The summed E-state index contributed by atoms with van der Waals surface area (Å²) in [7, 11) is 3.15. The zero-order valence-electron chi connectivity index (χ0n) is 18.0. The van der Waals surface area contributed by atoms with Crippen molar-refractivity contribution >= 4 is 28.8 Å². The van der Waals surface area contributed by atoms with Gasteiger partial charge in [-0.25, -0.2) is 4.39 Å². The molecule has 3 N–H and O–H groups in total. The number of carbonyl (C=O) groups is 3.